The number of nitrogens with zero attached hydrogens (tertiary/aromatic N) is 3. The highest BCUT2D eigenvalue weighted by Gasteiger charge is 2.17. The van der Waals surface area contributed by atoms with Crippen molar-refractivity contribution in [1.82, 2.24) is 4.98 Å². The molecule has 13 heavy (non-hydrogen) atoms. The molecule has 1 aromatic heterocycles. The molecule has 0 bridgehead atoms. The van der Waals surface area contributed by atoms with Gasteiger partial charge in [-0.1, -0.05) is 20.8 Å². The van der Waals surface area contributed by atoms with Gasteiger partial charge in [0.05, 0.1) is 5.69 Å². The predicted molar refractivity (Wildman–Crippen MR) is 51.2 cm³/mol. The molecule has 3 nitrogen and oxygen atoms in total. The summed E-state index contributed by atoms with van der Waals surface area (Å²) in [6, 6.07) is 2.08. The molecule has 1 aliphatic heterocycles. The Morgan fingerprint density at radius 3 is 2.77 bits per heavy atom. The highest BCUT2D eigenvalue weighted by atomic mass is 15.1. The number of azo groups is 1. The minimum Gasteiger partial charge on any atom is -0.257 e. The van der Waals surface area contributed by atoms with Crippen molar-refractivity contribution in [3.8, 4) is 0 Å². The highest BCUT2D eigenvalue weighted by Crippen LogP contribution is 2.30. The molecule has 0 spiro atoms. The summed E-state index contributed by atoms with van der Waals surface area (Å²) in [4.78, 5) is 4.34. The standard InChI is InChI=1S/C10H13N3/c1-10(2,3)7-4-8-9(11-5-7)6-12-13-8/h4-5H,6H2,1-3H3. The summed E-state index contributed by atoms with van der Waals surface area (Å²) in [5, 5.41) is 7.97. The van der Waals surface area contributed by atoms with Gasteiger partial charge in [-0.25, -0.2) is 0 Å². The molecule has 0 amide bonds. The van der Waals surface area contributed by atoms with Crippen LogP contribution in [0.3, 0.4) is 0 Å². The largest absolute Gasteiger partial charge is 0.257 e. The zero-order valence-corrected chi connectivity index (χ0v) is 8.20. The first-order chi connectivity index (χ1) is 6.07. The second-order valence-electron chi connectivity index (χ2n) is 4.34. The van der Waals surface area contributed by atoms with E-state index >= 15 is 0 Å². The lowest BCUT2D eigenvalue weighted by molar-refractivity contribution is 0.587. The van der Waals surface area contributed by atoms with Crippen LogP contribution in [0.1, 0.15) is 32.0 Å². The third-order valence-corrected chi connectivity index (χ3v) is 2.21. The quantitative estimate of drug-likeness (QED) is 0.597. The van der Waals surface area contributed by atoms with Crippen molar-refractivity contribution < 1.29 is 0 Å². The van der Waals surface area contributed by atoms with Crippen molar-refractivity contribution >= 4 is 5.69 Å². The van der Waals surface area contributed by atoms with Crippen molar-refractivity contribution in [2.45, 2.75) is 32.7 Å². The Morgan fingerprint density at radius 2 is 2.08 bits per heavy atom. The van der Waals surface area contributed by atoms with E-state index in [0.29, 0.717) is 6.54 Å². The Balaban J connectivity index is 2.47. The summed E-state index contributed by atoms with van der Waals surface area (Å²) in [5.41, 5.74) is 3.28. The molecule has 1 aliphatic rings. The normalized spacial score (nSPS) is 14.7. The van der Waals surface area contributed by atoms with Crippen LogP contribution in [-0.4, -0.2) is 4.98 Å². The van der Waals surface area contributed by atoms with Crippen LogP contribution in [0.15, 0.2) is 22.5 Å². The molecule has 0 saturated carbocycles. The van der Waals surface area contributed by atoms with Crippen molar-refractivity contribution in [3.63, 3.8) is 0 Å². The van der Waals surface area contributed by atoms with Crippen molar-refractivity contribution in [2.75, 3.05) is 0 Å². The van der Waals surface area contributed by atoms with Crippen LogP contribution in [-0.2, 0) is 12.0 Å². The van der Waals surface area contributed by atoms with Crippen LogP contribution >= 0.6 is 0 Å². The highest BCUT2D eigenvalue weighted by molar-refractivity contribution is 5.46. The predicted octanol–water partition coefficient (Wildman–Crippen LogP) is 2.98. The molecule has 0 saturated heterocycles. The van der Waals surface area contributed by atoms with E-state index in [1.807, 2.05) is 6.20 Å². The van der Waals surface area contributed by atoms with Gasteiger partial charge in [0.15, 0.2) is 0 Å². The lowest BCUT2D eigenvalue weighted by atomic mass is 9.88. The first-order valence-electron chi connectivity index (χ1n) is 4.44. The van der Waals surface area contributed by atoms with Crippen LogP contribution in [0.25, 0.3) is 0 Å². The smallest absolute Gasteiger partial charge is 0.109 e. The van der Waals surface area contributed by atoms with Crippen molar-refractivity contribution in [3.05, 3.63) is 23.5 Å². The van der Waals surface area contributed by atoms with Crippen LogP contribution in [0.5, 0.6) is 0 Å². The fourth-order valence-electron chi connectivity index (χ4n) is 1.28. The molecule has 2 rings (SSSR count). The fourth-order valence-corrected chi connectivity index (χ4v) is 1.28. The van der Waals surface area contributed by atoms with E-state index in [0.717, 1.165) is 11.4 Å². The van der Waals surface area contributed by atoms with E-state index in [2.05, 4.69) is 42.1 Å². The average Bonchev–Trinajstić information content (AvgIpc) is 2.47. The first kappa shape index (κ1) is 8.35. The first-order valence-corrected chi connectivity index (χ1v) is 4.44. The van der Waals surface area contributed by atoms with Gasteiger partial charge in [0.2, 0.25) is 0 Å². The maximum absolute atomic E-state index is 4.34. The Morgan fingerprint density at radius 1 is 1.31 bits per heavy atom. The summed E-state index contributed by atoms with van der Waals surface area (Å²) in [6.45, 7) is 7.15. The summed E-state index contributed by atoms with van der Waals surface area (Å²) in [6.07, 6.45) is 1.93. The van der Waals surface area contributed by atoms with Crippen LogP contribution in [0, 0.1) is 0 Å². The third kappa shape index (κ3) is 1.46. The molecule has 1 aromatic rings. The Kier molecular flexibility index (Phi) is 1.68. The second-order valence-corrected chi connectivity index (χ2v) is 4.34. The van der Waals surface area contributed by atoms with E-state index in [1.165, 1.54) is 5.56 Å². The molecular weight excluding hydrogens is 162 g/mol. The van der Waals surface area contributed by atoms with Gasteiger partial charge in [0.25, 0.3) is 0 Å². The summed E-state index contributed by atoms with van der Waals surface area (Å²) >= 11 is 0. The minimum atomic E-state index is 0.139. The van der Waals surface area contributed by atoms with Gasteiger partial charge in [-0.3, -0.25) is 4.98 Å². The van der Waals surface area contributed by atoms with Gasteiger partial charge in [-0.05, 0) is 17.0 Å². The lowest BCUT2D eigenvalue weighted by Crippen LogP contribution is -2.11. The SMILES string of the molecule is CC(C)(C)c1cnc2c(c1)N=NC2. The Bertz CT molecular complexity index is 361. The topological polar surface area (TPSA) is 37.6 Å². The van der Waals surface area contributed by atoms with Crippen molar-refractivity contribution in [1.29, 1.82) is 0 Å². The molecule has 0 radical (unpaired) electrons. The summed E-state index contributed by atoms with van der Waals surface area (Å²) < 4.78 is 0. The summed E-state index contributed by atoms with van der Waals surface area (Å²) in [7, 11) is 0. The second kappa shape index (κ2) is 2.62. The van der Waals surface area contributed by atoms with Crippen LogP contribution in [0.4, 0.5) is 5.69 Å². The number of hydrogen-bond acceptors (Lipinski definition) is 3. The van der Waals surface area contributed by atoms with Gasteiger partial charge in [0, 0.05) is 6.20 Å². The van der Waals surface area contributed by atoms with Crippen molar-refractivity contribution in [2.24, 2.45) is 10.2 Å². The Hall–Kier alpha value is -1.25. The number of hydrogen-bond donors (Lipinski definition) is 0. The molecule has 0 unspecified atom stereocenters. The lowest BCUT2D eigenvalue weighted by Gasteiger charge is -2.18. The van der Waals surface area contributed by atoms with E-state index in [-0.39, 0.29) is 5.41 Å². The van der Waals surface area contributed by atoms with Gasteiger partial charge < -0.3 is 0 Å². The molecule has 3 heteroatoms. The maximum atomic E-state index is 4.34. The van der Waals surface area contributed by atoms with Gasteiger partial charge in [0.1, 0.15) is 12.2 Å². The number of pyridine rings is 1. The summed E-state index contributed by atoms with van der Waals surface area (Å²) in [5.74, 6) is 0. The molecule has 0 atom stereocenters. The minimum absolute atomic E-state index is 0.139. The van der Waals surface area contributed by atoms with E-state index < -0.39 is 0 Å². The zero-order valence-electron chi connectivity index (χ0n) is 8.20. The molecule has 68 valence electrons. The monoisotopic (exact) mass is 175 g/mol. The van der Waals surface area contributed by atoms with Gasteiger partial charge in [-0.15, -0.1) is 0 Å². The molecule has 0 aromatic carbocycles. The molecule has 2 heterocycles. The van der Waals surface area contributed by atoms with Gasteiger partial charge in [-0.2, -0.15) is 10.2 Å². The number of rotatable bonds is 0. The fraction of sp³-hybridized carbons (Fsp3) is 0.500. The van der Waals surface area contributed by atoms with E-state index in [9.17, 15) is 0 Å². The van der Waals surface area contributed by atoms with E-state index in [4.69, 9.17) is 0 Å². The molecule has 0 aliphatic carbocycles. The number of aromatic nitrogens is 1. The molecule has 0 fully saturated rings. The Labute approximate surface area is 77.9 Å². The average molecular weight is 175 g/mol. The molecular formula is C10H13N3. The third-order valence-electron chi connectivity index (χ3n) is 2.21. The maximum Gasteiger partial charge on any atom is 0.109 e. The molecule has 0 N–H and O–H groups in total. The number of fused-ring (bicyclic) bond motifs is 1. The van der Waals surface area contributed by atoms with Crippen LogP contribution in [0.2, 0.25) is 0 Å². The zero-order chi connectivity index (χ0) is 9.47. The van der Waals surface area contributed by atoms with Gasteiger partial charge >= 0.3 is 0 Å². The van der Waals surface area contributed by atoms with Crippen LogP contribution < -0.4 is 0 Å². The van der Waals surface area contributed by atoms with E-state index in [1.54, 1.807) is 0 Å².